The first kappa shape index (κ1) is 16.5. The van der Waals surface area contributed by atoms with Crippen molar-refractivity contribution < 1.29 is 19.5 Å². The first-order chi connectivity index (χ1) is 9.28. The topological polar surface area (TPSA) is 86.7 Å². The van der Waals surface area contributed by atoms with Crippen molar-refractivity contribution >= 4 is 17.8 Å². The molecule has 0 aliphatic heterocycles. The van der Waals surface area contributed by atoms with E-state index in [1.165, 1.54) is 6.92 Å². The summed E-state index contributed by atoms with van der Waals surface area (Å²) in [4.78, 5) is 36.1. The largest absolute Gasteiger partial charge is 0.481 e. The van der Waals surface area contributed by atoms with Gasteiger partial charge >= 0.3 is 5.97 Å². The minimum Gasteiger partial charge on any atom is -0.481 e. The number of amides is 2. The molecule has 2 N–H and O–H groups in total. The minimum absolute atomic E-state index is 0.0397. The molecule has 1 fully saturated rings. The van der Waals surface area contributed by atoms with Crippen molar-refractivity contribution in [3.05, 3.63) is 0 Å². The number of carbonyl (C=O) groups is 3. The normalized spacial score (nSPS) is 18.9. The van der Waals surface area contributed by atoms with Gasteiger partial charge in [-0.3, -0.25) is 14.4 Å². The molecule has 0 aromatic rings. The van der Waals surface area contributed by atoms with Crippen molar-refractivity contribution in [3.8, 4) is 0 Å². The van der Waals surface area contributed by atoms with Gasteiger partial charge in [-0.15, -0.1) is 0 Å². The van der Waals surface area contributed by atoms with Crippen molar-refractivity contribution in [2.45, 2.75) is 64.0 Å². The molecule has 114 valence electrons. The monoisotopic (exact) mass is 284 g/mol. The number of nitrogens with zero attached hydrogens (tertiary/aromatic N) is 1. The average molecular weight is 284 g/mol. The van der Waals surface area contributed by atoms with Crippen LogP contribution in [0.25, 0.3) is 0 Å². The van der Waals surface area contributed by atoms with Crippen LogP contribution in [0.5, 0.6) is 0 Å². The van der Waals surface area contributed by atoms with E-state index in [-0.39, 0.29) is 18.2 Å². The van der Waals surface area contributed by atoms with Crippen LogP contribution in [-0.4, -0.2) is 46.4 Å². The van der Waals surface area contributed by atoms with Gasteiger partial charge in [0.2, 0.25) is 11.8 Å². The number of nitrogens with one attached hydrogen (secondary N) is 1. The predicted molar refractivity (Wildman–Crippen MR) is 74.1 cm³/mol. The Morgan fingerprint density at radius 1 is 1.25 bits per heavy atom. The van der Waals surface area contributed by atoms with Crippen LogP contribution in [0, 0.1) is 0 Å². The van der Waals surface area contributed by atoms with Crippen LogP contribution >= 0.6 is 0 Å². The predicted octanol–water partition coefficient (Wildman–Crippen LogP) is 1.15. The molecule has 1 saturated carbocycles. The van der Waals surface area contributed by atoms with Crippen molar-refractivity contribution in [1.29, 1.82) is 0 Å². The second kappa shape index (κ2) is 6.72. The quantitative estimate of drug-likeness (QED) is 0.792. The minimum atomic E-state index is -0.890. The lowest BCUT2D eigenvalue weighted by atomic mass is 9.78. The van der Waals surface area contributed by atoms with E-state index in [0.717, 1.165) is 19.3 Å². The third-order valence-electron chi connectivity index (χ3n) is 4.10. The molecular formula is C14H24N2O4. The second-order valence-electron chi connectivity index (χ2n) is 5.67. The number of carboxylic acids is 1. The van der Waals surface area contributed by atoms with Crippen LogP contribution in [0.3, 0.4) is 0 Å². The third-order valence-corrected chi connectivity index (χ3v) is 4.10. The lowest BCUT2D eigenvalue weighted by Crippen LogP contribution is -2.56. The van der Waals surface area contributed by atoms with Crippen molar-refractivity contribution in [3.63, 3.8) is 0 Å². The zero-order valence-corrected chi connectivity index (χ0v) is 12.4. The van der Waals surface area contributed by atoms with Crippen LogP contribution in [0.15, 0.2) is 0 Å². The number of carboxylic acid groups (broad SMARTS) is 1. The summed E-state index contributed by atoms with van der Waals surface area (Å²) in [6.45, 7) is 2.98. The molecular weight excluding hydrogens is 260 g/mol. The molecule has 1 atom stereocenters. The van der Waals surface area contributed by atoms with E-state index in [0.29, 0.717) is 12.8 Å². The summed E-state index contributed by atoms with van der Waals surface area (Å²) in [7, 11) is 1.65. The first-order valence-corrected chi connectivity index (χ1v) is 7.05. The molecule has 0 heterocycles. The van der Waals surface area contributed by atoms with E-state index in [2.05, 4.69) is 5.32 Å². The van der Waals surface area contributed by atoms with Gasteiger partial charge in [-0.05, 0) is 19.8 Å². The zero-order chi connectivity index (χ0) is 15.3. The smallest absolute Gasteiger partial charge is 0.305 e. The molecule has 0 radical (unpaired) electrons. The summed E-state index contributed by atoms with van der Waals surface area (Å²) in [5.74, 6) is -1.39. The van der Waals surface area contributed by atoms with Gasteiger partial charge in [0.25, 0.3) is 0 Å². The Morgan fingerprint density at radius 2 is 1.80 bits per heavy atom. The third kappa shape index (κ3) is 3.95. The Labute approximate surface area is 119 Å². The summed E-state index contributed by atoms with van der Waals surface area (Å²) in [6, 6.07) is -0.634. The van der Waals surface area contributed by atoms with E-state index < -0.39 is 17.6 Å². The van der Waals surface area contributed by atoms with Gasteiger partial charge < -0.3 is 15.3 Å². The standard InChI is InChI=1S/C14H24N2O4/c1-10(15-11(2)17)13(20)16(3)14(9-12(18)19)7-5-4-6-8-14/h10H,4-9H2,1-3H3,(H,15,17)(H,18,19). The molecule has 0 bridgehead atoms. The highest BCUT2D eigenvalue weighted by Gasteiger charge is 2.41. The Kier molecular flexibility index (Phi) is 5.53. The highest BCUT2D eigenvalue weighted by molar-refractivity contribution is 5.87. The summed E-state index contributed by atoms with van der Waals surface area (Å²) >= 11 is 0. The summed E-state index contributed by atoms with van der Waals surface area (Å²) in [5.41, 5.74) is -0.617. The van der Waals surface area contributed by atoms with Gasteiger partial charge in [-0.2, -0.15) is 0 Å². The Bertz CT molecular complexity index is 389. The van der Waals surface area contributed by atoms with E-state index >= 15 is 0 Å². The van der Waals surface area contributed by atoms with Gasteiger partial charge in [0.15, 0.2) is 0 Å². The maximum absolute atomic E-state index is 12.4. The lowest BCUT2D eigenvalue weighted by Gasteiger charge is -2.44. The Morgan fingerprint density at radius 3 is 2.25 bits per heavy atom. The second-order valence-corrected chi connectivity index (χ2v) is 5.67. The molecule has 6 heteroatoms. The molecule has 6 nitrogen and oxygen atoms in total. The number of aliphatic carboxylic acids is 1. The summed E-state index contributed by atoms with van der Waals surface area (Å²) < 4.78 is 0. The summed E-state index contributed by atoms with van der Waals surface area (Å²) in [6.07, 6.45) is 4.30. The van der Waals surface area contributed by atoms with Crippen LogP contribution in [0.2, 0.25) is 0 Å². The molecule has 1 aliphatic carbocycles. The van der Waals surface area contributed by atoms with E-state index in [1.807, 2.05) is 0 Å². The molecule has 0 aromatic carbocycles. The van der Waals surface area contributed by atoms with E-state index in [9.17, 15) is 14.4 Å². The fourth-order valence-electron chi connectivity index (χ4n) is 3.01. The molecule has 1 unspecified atom stereocenters. The van der Waals surface area contributed by atoms with Crippen LogP contribution in [-0.2, 0) is 14.4 Å². The number of carbonyl (C=O) groups excluding carboxylic acids is 2. The SMILES string of the molecule is CC(=O)NC(C)C(=O)N(C)C1(CC(=O)O)CCCCC1. The van der Waals surface area contributed by atoms with Crippen LogP contribution in [0.4, 0.5) is 0 Å². The highest BCUT2D eigenvalue weighted by Crippen LogP contribution is 2.36. The fraction of sp³-hybridized carbons (Fsp3) is 0.786. The number of hydrogen-bond acceptors (Lipinski definition) is 3. The molecule has 0 saturated heterocycles. The first-order valence-electron chi connectivity index (χ1n) is 7.05. The Hall–Kier alpha value is -1.59. The van der Waals surface area contributed by atoms with Crippen LogP contribution < -0.4 is 5.32 Å². The molecule has 1 rings (SSSR count). The molecule has 0 spiro atoms. The maximum atomic E-state index is 12.4. The number of hydrogen-bond donors (Lipinski definition) is 2. The number of rotatable bonds is 5. The van der Waals surface area contributed by atoms with Gasteiger partial charge in [-0.1, -0.05) is 19.3 Å². The lowest BCUT2D eigenvalue weighted by molar-refractivity contribution is -0.147. The Balaban J connectivity index is 2.86. The van der Waals surface area contributed by atoms with Gasteiger partial charge in [0.05, 0.1) is 12.0 Å². The highest BCUT2D eigenvalue weighted by atomic mass is 16.4. The van der Waals surface area contributed by atoms with Crippen molar-refractivity contribution in [1.82, 2.24) is 10.2 Å². The maximum Gasteiger partial charge on any atom is 0.305 e. The molecule has 2 amide bonds. The number of likely N-dealkylation sites (N-methyl/N-ethyl adjacent to an activating group) is 1. The van der Waals surface area contributed by atoms with Crippen LogP contribution in [0.1, 0.15) is 52.4 Å². The van der Waals surface area contributed by atoms with Gasteiger partial charge in [-0.25, -0.2) is 0 Å². The van der Waals surface area contributed by atoms with Crippen molar-refractivity contribution in [2.24, 2.45) is 0 Å². The fourth-order valence-corrected chi connectivity index (χ4v) is 3.01. The summed E-state index contributed by atoms with van der Waals surface area (Å²) in [5, 5.41) is 11.7. The van der Waals surface area contributed by atoms with E-state index in [1.54, 1.807) is 18.9 Å². The van der Waals surface area contributed by atoms with Gasteiger partial charge in [0.1, 0.15) is 6.04 Å². The molecule has 1 aliphatic rings. The zero-order valence-electron chi connectivity index (χ0n) is 12.4. The molecule has 20 heavy (non-hydrogen) atoms. The van der Waals surface area contributed by atoms with E-state index in [4.69, 9.17) is 5.11 Å². The van der Waals surface area contributed by atoms with Crippen molar-refractivity contribution in [2.75, 3.05) is 7.05 Å². The average Bonchev–Trinajstić information content (AvgIpc) is 2.36. The molecule has 0 aromatic heterocycles. The van der Waals surface area contributed by atoms with Gasteiger partial charge in [0, 0.05) is 14.0 Å².